The van der Waals surface area contributed by atoms with Crippen LogP contribution in [0.1, 0.15) is 36.6 Å². The Hall–Kier alpha value is -4.01. The molecule has 1 aromatic heterocycles. The van der Waals surface area contributed by atoms with Crippen LogP contribution < -0.4 is 19.6 Å². The fraction of sp³-hybridized carbons (Fsp3) is 0.167. The number of ether oxygens (including phenoxy) is 2. The van der Waals surface area contributed by atoms with Crippen LogP contribution in [0.4, 0.5) is 4.39 Å². The van der Waals surface area contributed by atoms with Crippen LogP contribution in [0.15, 0.2) is 93.9 Å². The summed E-state index contributed by atoms with van der Waals surface area (Å²) in [4.78, 5) is 31.8. The predicted molar refractivity (Wildman–Crippen MR) is 149 cm³/mol. The highest BCUT2D eigenvalue weighted by Gasteiger charge is 2.33. The molecule has 198 valence electrons. The number of thiazole rings is 1. The van der Waals surface area contributed by atoms with Gasteiger partial charge in [-0.1, -0.05) is 65.4 Å². The van der Waals surface area contributed by atoms with E-state index in [-0.39, 0.29) is 17.7 Å². The molecule has 0 spiro atoms. The van der Waals surface area contributed by atoms with Gasteiger partial charge in [-0.15, -0.1) is 0 Å². The second-order valence-corrected chi connectivity index (χ2v) is 10.3. The van der Waals surface area contributed by atoms with Gasteiger partial charge in [-0.3, -0.25) is 9.36 Å². The second-order valence-electron chi connectivity index (χ2n) is 8.81. The Bertz CT molecular complexity index is 1740. The van der Waals surface area contributed by atoms with Crippen molar-refractivity contribution in [2.24, 2.45) is 4.99 Å². The third-order valence-corrected chi connectivity index (χ3v) is 7.45. The molecule has 4 aromatic rings. The van der Waals surface area contributed by atoms with Gasteiger partial charge in [0.05, 0.1) is 28.5 Å². The molecule has 0 bridgehead atoms. The average Bonchev–Trinajstić information content (AvgIpc) is 3.23. The number of carbonyl (C=O) groups is 1. The molecule has 6 nitrogen and oxygen atoms in total. The lowest BCUT2D eigenvalue weighted by Gasteiger charge is -2.24. The minimum absolute atomic E-state index is 0.170. The molecule has 3 aromatic carbocycles. The van der Waals surface area contributed by atoms with E-state index in [1.807, 2.05) is 36.4 Å². The van der Waals surface area contributed by atoms with Crippen LogP contribution in [-0.2, 0) is 16.1 Å². The summed E-state index contributed by atoms with van der Waals surface area (Å²) in [5, 5.41) is 0.648. The first kappa shape index (κ1) is 26.6. The third-order valence-electron chi connectivity index (χ3n) is 6.22. The molecule has 2 heterocycles. The van der Waals surface area contributed by atoms with E-state index in [4.69, 9.17) is 21.1 Å². The van der Waals surface area contributed by atoms with Gasteiger partial charge in [0.15, 0.2) is 4.80 Å². The maximum atomic E-state index is 13.8. The minimum atomic E-state index is -0.806. The summed E-state index contributed by atoms with van der Waals surface area (Å²) < 4.78 is 27.0. The first-order valence-corrected chi connectivity index (χ1v) is 13.5. The largest absolute Gasteiger partial charge is 0.488 e. The quantitative estimate of drug-likeness (QED) is 0.291. The zero-order valence-corrected chi connectivity index (χ0v) is 22.8. The fourth-order valence-corrected chi connectivity index (χ4v) is 5.53. The molecule has 1 aliphatic heterocycles. The number of para-hydroxylation sites is 1. The number of halogens is 2. The first-order valence-electron chi connectivity index (χ1n) is 12.3. The normalized spacial score (nSPS) is 15.1. The molecule has 0 fully saturated rings. The summed E-state index contributed by atoms with van der Waals surface area (Å²) in [5.74, 6) is -0.375. The summed E-state index contributed by atoms with van der Waals surface area (Å²) in [6, 6.07) is 19.7. The van der Waals surface area contributed by atoms with Crippen molar-refractivity contribution in [2.45, 2.75) is 26.5 Å². The molecule has 0 N–H and O–H groups in total. The van der Waals surface area contributed by atoms with Crippen LogP contribution in [0, 0.1) is 5.82 Å². The Kier molecular flexibility index (Phi) is 7.77. The van der Waals surface area contributed by atoms with Gasteiger partial charge in [-0.2, -0.15) is 0 Å². The van der Waals surface area contributed by atoms with E-state index >= 15 is 0 Å². The summed E-state index contributed by atoms with van der Waals surface area (Å²) in [6.45, 7) is 3.92. The van der Waals surface area contributed by atoms with Crippen molar-refractivity contribution in [1.29, 1.82) is 0 Å². The molecule has 0 unspecified atom stereocenters. The molecule has 0 saturated heterocycles. The van der Waals surface area contributed by atoms with Gasteiger partial charge in [0.1, 0.15) is 18.2 Å². The molecule has 0 saturated carbocycles. The molecule has 1 atom stereocenters. The van der Waals surface area contributed by atoms with Gasteiger partial charge in [0.2, 0.25) is 0 Å². The van der Waals surface area contributed by atoms with Gasteiger partial charge >= 0.3 is 5.97 Å². The van der Waals surface area contributed by atoms with Crippen molar-refractivity contribution in [3.05, 3.63) is 131 Å². The number of rotatable bonds is 7. The standard InChI is InChI=1S/C30H24ClFN2O4S/c1-3-37-29(36)26-18(2)33-30-34(27(26)20-10-14-23(32)15-11-20)28(35)25(39-30)16-21-6-4-5-7-24(21)38-17-19-8-12-22(31)13-9-19/h4-16,27H,3,17H2,1-2H3/b25-16+/t27-/m1/s1. The number of carbonyl (C=O) groups excluding carboxylic acids is 1. The van der Waals surface area contributed by atoms with Crippen molar-refractivity contribution in [1.82, 2.24) is 4.57 Å². The lowest BCUT2D eigenvalue weighted by molar-refractivity contribution is -0.139. The van der Waals surface area contributed by atoms with Crippen molar-refractivity contribution >= 4 is 35.0 Å². The van der Waals surface area contributed by atoms with Crippen molar-refractivity contribution < 1.29 is 18.7 Å². The number of benzene rings is 3. The van der Waals surface area contributed by atoms with Crippen molar-refractivity contribution in [3.63, 3.8) is 0 Å². The molecule has 0 radical (unpaired) electrons. The van der Waals surface area contributed by atoms with Crippen LogP contribution >= 0.6 is 22.9 Å². The molecule has 0 amide bonds. The monoisotopic (exact) mass is 562 g/mol. The van der Waals surface area contributed by atoms with Gasteiger partial charge in [0.25, 0.3) is 5.56 Å². The zero-order valence-electron chi connectivity index (χ0n) is 21.2. The molecule has 1 aliphatic rings. The van der Waals surface area contributed by atoms with Crippen LogP contribution in [0.25, 0.3) is 6.08 Å². The highest BCUT2D eigenvalue weighted by Crippen LogP contribution is 2.31. The molecule has 39 heavy (non-hydrogen) atoms. The maximum Gasteiger partial charge on any atom is 0.338 e. The number of nitrogens with zero attached hydrogens (tertiary/aromatic N) is 2. The van der Waals surface area contributed by atoms with Gasteiger partial charge < -0.3 is 9.47 Å². The minimum Gasteiger partial charge on any atom is -0.488 e. The molecular weight excluding hydrogens is 539 g/mol. The second kappa shape index (κ2) is 11.4. The van der Waals surface area contributed by atoms with E-state index in [1.54, 1.807) is 44.2 Å². The zero-order chi connectivity index (χ0) is 27.5. The van der Waals surface area contributed by atoms with E-state index in [1.165, 1.54) is 28.0 Å². The van der Waals surface area contributed by atoms with Crippen LogP contribution in [0.2, 0.25) is 5.02 Å². The van der Waals surface area contributed by atoms with Crippen LogP contribution in [0.5, 0.6) is 5.75 Å². The van der Waals surface area contributed by atoms with E-state index in [9.17, 15) is 14.0 Å². The van der Waals surface area contributed by atoms with E-state index in [0.717, 1.165) is 11.1 Å². The fourth-order valence-electron chi connectivity index (χ4n) is 4.37. The highest BCUT2D eigenvalue weighted by atomic mass is 35.5. The summed E-state index contributed by atoms with van der Waals surface area (Å²) >= 11 is 7.19. The topological polar surface area (TPSA) is 69.9 Å². The highest BCUT2D eigenvalue weighted by molar-refractivity contribution is 7.07. The van der Waals surface area contributed by atoms with Crippen molar-refractivity contribution in [3.8, 4) is 5.75 Å². The Morgan fingerprint density at radius 1 is 1.10 bits per heavy atom. The summed E-state index contributed by atoms with van der Waals surface area (Å²) in [6.07, 6.45) is 1.76. The number of fused-ring (bicyclic) bond motifs is 1. The SMILES string of the molecule is CCOC(=O)C1=C(C)N=c2s/c(=C/c3ccccc3OCc3ccc(Cl)cc3)c(=O)n2[C@@H]1c1ccc(F)cc1. The Balaban J connectivity index is 1.59. The smallest absolute Gasteiger partial charge is 0.338 e. The summed E-state index contributed by atoms with van der Waals surface area (Å²) in [5.41, 5.74) is 2.62. The summed E-state index contributed by atoms with van der Waals surface area (Å²) in [7, 11) is 0. The average molecular weight is 563 g/mol. The van der Waals surface area contributed by atoms with E-state index in [2.05, 4.69) is 4.99 Å². The van der Waals surface area contributed by atoms with Crippen molar-refractivity contribution in [2.75, 3.05) is 6.61 Å². The number of hydrogen-bond donors (Lipinski definition) is 0. The van der Waals surface area contributed by atoms with Gasteiger partial charge in [-0.05, 0) is 61.4 Å². The van der Waals surface area contributed by atoms with E-state index < -0.39 is 17.8 Å². The Morgan fingerprint density at radius 3 is 2.54 bits per heavy atom. The van der Waals surface area contributed by atoms with Gasteiger partial charge in [0, 0.05) is 10.6 Å². The number of esters is 1. The first-order chi connectivity index (χ1) is 18.9. The van der Waals surface area contributed by atoms with Crippen LogP contribution in [-0.4, -0.2) is 17.1 Å². The molecular formula is C30H24ClFN2O4S. The lowest BCUT2D eigenvalue weighted by Crippen LogP contribution is -2.39. The van der Waals surface area contributed by atoms with E-state index in [0.29, 0.717) is 38.0 Å². The third kappa shape index (κ3) is 5.57. The maximum absolute atomic E-state index is 13.8. The lowest BCUT2D eigenvalue weighted by atomic mass is 9.96. The van der Waals surface area contributed by atoms with Crippen LogP contribution in [0.3, 0.4) is 0 Å². The molecule has 5 rings (SSSR count). The molecule has 0 aliphatic carbocycles. The van der Waals surface area contributed by atoms with Gasteiger partial charge in [-0.25, -0.2) is 14.2 Å². The molecule has 9 heteroatoms. The number of allylic oxidation sites excluding steroid dienone is 1. The Labute approximate surface area is 232 Å². The predicted octanol–water partition coefficient (Wildman–Crippen LogP) is 5.17. The number of hydrogen-bond acceptors (Lipinski definition) is 6. The Morgan fingerprint density at radius 2 is 1.82 bits per heavy atom. The number of aromatic nitrogens is 1.